The number of carbonyl (C=O) groups is 1. The van der Waals surface area contributed by atoms with Gasteiger partial charge in [0.25, 0.3) is 0 Å². The van der Waals surface area contributed by atoms with E-state index in [9.17, 15) is 15.0 Å². The van der Waals surface area contributed by atoms with Gasteiger partial charge in [-0.1, -0.05) is 39.0 Å². The molecule has 2 rings (SSSR count). The molecule has 1 saturated carbocycles. The fourth-order valence-corrected chi connectivity index (χ4v) is 4.18. The molecule has 0 amide bonds. The standard InChI is InChI=1S/C20H32O3/c1-14(2)20(23)12-10-18(4)9-11-19(5,22)8-6-7-15(3)16(21)13-17(18)20/h7,9,11,14,17,22-23H,6,8,10,12-13H2,1-5H3/b11-9+,15-7-/t17-,18+,19+,20-/m0/s1. The lowest BCUT2D eigenvalue weighted by atomic mass is 9.68. The Morgan fingerprint density at radius 3 is 2.39 bits per heavy atom. The highest BCUT2D eigenvalue weighted by Crippen LogP contribution is 2.55. The first-order valence-corrected chi connectivity index (χ1v) is 8.85. The first-order valence-electron chi connectivity index (χ1n) is 8.85. The minimum Gasteiger partial charge on any atom is -0.389 e. The molecule has 3 nitrogen and oxygen atoms in total. The maximum absolute atomic E-state index is 12.6. The second-order valence-electron chi connectivity index (χ2n) is 8.45. The Morgan fingerprint density at radius 2 is 1.78 bits per heavy atom. The number of rotatable bonds is 1. The zero-order chi connectivity index (χ0) is 17.5. The van der Waals surface area contributed by atoms with Gasteiger partial charge in [0.2, 0.25) is 0 Å². The van der Waals surface area contributed by atoms with E-state index in [1.807, 2.05) is 39.8 Å². The Labute approximate surface area is 140 Å². The molecule has 0 aromatic rings. The Morgan fingerprint density at radius 1 is 1.13 bits per heavy atom. The molecule has 2 N–H and O–H groups in total. The number of carbonyl (C=O) groups excluding carboxylic acids is 1. The Balaban J connectivity index is 2.48. The van der Waals surface area contributed by atoms with Gasteiger partial charge in [0.05, 0.1) is 11.2 Å². The zero-order valence-electron chi connectivity index (χ0n) is 15.2. The lowest BCUT2D eigenvalue weighted by molar-refractivity contribution is -0.121. The third-order valence-electron chi connectivity index (χ3n) is 6.22. The number of Topliss-reactive ketones (excluding diaryl/α,β-unsaturated/α-hetero) is 1. The minimum absolute atomic E-state index is 0.102. The van der Waals surface area contributed by atoms with Gasteiger partial charge < -0.3 is 10.2 Å². The molecule has 23 heavy (non-hydrogen) atoms. The van der Waals surface area contributed by atoms with Crippen LogP contribution in [0, 0.1) is 17.3 Å². The lowest BCUT2D eigenvalue weighted by Gasteiger charge is -2.39. The summed E-state index contributed by atoms with van der Waals surface area (Å²) in [5.74, 6) is 0.110. The molecule has 0 bridgehead atoms. The van der Waals surface area contributed by atoms with Crippen LogP contribution in [0.3, 0.4) is 0 Å². The number of hydrogen-bond donors (Lipinski definition) is 2. The van der Waals surface area contributed by atoms with Crippen molar-refractivity contribution >= 4 is 5.78 Å². The fraction of sp³-hybridized carbons (Fsp3) is 0.750. The minimum atomic E-state index is -0.879. The van der Waals surface area contributed by atoms with Gasteiger partial charge in [-0.05, 0) is 56.4 Å². The number of ketones is 1. The van der Waals surface area contributed by atoms with Crippen LogP contribution < -0.4 is 0 Å². The first kappa shape index (κ1) is 18.4. The van der Waals surface area contributed by atoms with Crippen molar-refractivity contribution in [3.63, 3.8) is 0 Å². The summed E-state index contributed by atoms with van der Waals surface area (Å²) >= 11 is 0. The topological polar surface area (TPSA) is 57.5 Å². The van der Waals surface area contributed by atoms with Crippen molar-refractivity contribution in [1.82, 2.24) is 0 Å². The summed E-state index contributed by atoms with van der Waals surface area (Å²) < 4.78 is 0. The summed E-state index contributed by atoms with van der Waals surface area (Å²) in [7, 11) is 0. The van der Waals surface area contributed by atoms with E-state index < -0.39 is 11.2 Å². The van der Waals surface area contributed by atoms with Crippen molar-refractivity contribution in [2.75, 3.05) is 0 Å². The van der Waals surface area contributed by atoms with E-state index in [0.717, 1.165) is 12.0 Å². The third kappa shape index (κ3) is 3.61. The fourth-order valence-electron chi connectivity index (χ4n) is 4.18. The van der Waals surface area contributed by atoms with Crippen molar-refractivity contribution in [2.45, 2.75) is 77.9 Å². The molecule has 130 valence electrons. The highest BCUT2D eigenvalue weighted by Gasteiger charge is 2.54. The van der Waals surface area contributed by atoms with Crippen molar-refractivity contribution in [3.05, 3.63) is 23.8 Å². The van der Waals surface area contributed by atoms with Gasteiger partial charge in [0, 0.05) is 12.3 Å². The highest BCUT2D eigenvalue weighted by molar-refractivity contribution is 5.95. The molecule has 4 atom stereocenters. The number of aliphatic hydroxyl groups is 2. The smallest absolute Gasteiger partial charge is 0.158 e. The Bertz CT molecular complexity index is 529. The molecule has 0 saturated heterocycles. The van der Waals surface area contributed by atoms with Crippen LogP contribution in [0.4, 0.5) is 0 Å². The number of allylic oxidation sites excluding steroid dienone is 3. The molecule has 0 spiro atoms. The molecule has 0 aromatic heterocycles. The van der Waals surface area contributed by atoms with E-state index in [4.69, 9.17) is 0 Å². The predicted octanol–water partition coefficient (Wildman–Crippen LogP) is 3.80. The van der Waals surface area contributed by atoms with Crippen LogP contribution >= 0.6 is 0 Å². The van der Waals surface area contributed by atoms with Crippen LogP contribution in [0.5, 0.6) is 0 Å². The Hall–Kier alpha value is -0.930. The van der Waals surface area contributed by atoms with Gasteiger partial charge in [0.1, 0.15) is 0 Å². The SMILES string of the molecule is C/C1=C/CC[C@@](C)(O)/C=C/[C@]2(C)CC[C@](O)(C(C)C)[C@H]2CC1=O. The van der Waals surface area contributed by atoms with Gasteiger partial charge >= 0.3 is 0 Å². The molecular formula is C20H32O3. The predicted molar refractivity (Wildman–Crippen MR) is 93.0 cm³/mol. The van der Waals surface area contributed by atoms with Crippen LogP contribution in [0.2, 0.25) is 0 Å². The molecule has 2 aliphatic rings. The van der Waals surface area contributed by atoms with Gasteiger partial charge in [-0.15, -0.1) is 0 Å². The summed E-state index contributed by atoms with van der Waals surface area (Å²) in [5, 5.41) is 21.8. The maximum atomic E-state index is 12.6. The number of fused-ring (bicyclic) bond motifs is 1. The quantitative estimate of drug-likeness (QED) is 0.723. The number of hydrogen-bond acceptors (Lipinski definition) is 3. The van der Waals surface area contributed by atoms with Crippen LogP contribution in [0.1, 0.15) is 66.7 Å². The molecule has 0 aromatic carbocycles. The summed E-state index contributed by atoms with van der Waals surface area (Å²) in [6.07, 6.45) is 9.07. The molecule has 0 unspecified atom stereocenters. The van der Waals surface area contributed by atoms with Crippen LogP contribution in [-0.4, -0.2) is 27.2 Å². The van der Waals surface area contributed by atoms with E-state index >= 15 is 0 Å². The monoisotopic (exact) mass is 320 g/mol. The van der Waals surface area contributed by atoms with Gasteiger partial charge in [-0.2, -0.15) is 0 Å². The van der Waals surface area contributed by atoms with E-state index in [2.05, 4.69) is 13.0 Å². The summed E-state index contributed by atoms with van der Waals surface area (Å²) in [4.78, 5) is 12.6. The third-order valence-corrected chi connectivity index (χ3v) is 6.22. The second-order valence-corrected chi connectivity index (χ2v) is 8.45. The molecule has 3 heteroatoms. The summed E-state index contributed by atoms with van der Waals surface area (Å²) in [6.45, 7) is 9.85. The maximum Gasteiger partial charge on any atom is 0.158 e. The summed E-state index contributed by atoms with van der Waals surface area (Å²) in [5.41, 5.74) is -1.21. The van der Waals surface area contributed by atoms with E-state index in [1.165, 1.54) is 0 Å². The molecule has 0 radical (unpaired) electrons. The highest BCUT2D eigenvalue weighted by atomic mass is 16.3. The average molecular weight is 320 g/mol. The lowest BCUT2D eigenvalue weighted by Crippen LogP contribution is -2.44. The van der Waals surface area contributed by atoms with Crippen molar-refractivity contribution in [3.8, 4) is 0 Å². The molecule has 0 heterocycles. The van der Waals surface area contributed by atoms with Gasteiger partial charge in [-0.25, -0.2) is 0 Å². The van der Waals surface area contributed by atoms with Gasteiger partial charge in [0.15, 0.2) is 5.78 Å². The molecule has 0 aliphatic heterocycles. The van der Waals surface area contributed by atoms with Crippen LogP contribution in [0.25, 0.3) is 0 Å². The normalized spacial score (nSPS) is 46.0. The van der Waals surface area contributed by atoms with Crippen LogP contribution in [-0.2, 0) is 4.79 Å². The molecular weight excluding hydrogens is 288 g/mol. The second kappa shape index (κ2) is 6.18. The Kier molecular flexibility index (Phi) is 4.94. The summed E-state index contributed by atoms with van der Waals surface area (Å²) in [6, 6.07) is 0. The van der Waals surface area contributed by atoms with E-state index in [-0.39, 0.29) is 23.0 Å². The average Bonchev–Trinajstić information content (AvgIpc) is 2.71. The van der Waals surface area contributed by atoms with Crippen molar-refractivity contribution < 1.29 is 15.0 Å². The first-order chi connectivity index (χ1) is 10.5. The molecule has 2 aliphatic carbocycles. The van der Waals surface area contributed by atoms with Crippen molar-refractivity contribution in [1.29, 1.82) is 0 Å². The van der Waals surface area contributed by atoms with Gasteiger partial charge in [-0.3, -0.25) is 4.79 Å². The zero-order valence-corrected chi connectivity index (χ0v) is 15.2. The largest absolute Gasteiger partial charge is 0.389 e. The van der Waals surface area contributed by atoms with Crippen molar-refractivity contribution in [2.24, 2.45) is 17.3 Å². The van der Waals surface area contributed by atoms with E-state index in [0.29, 0.717) is 25.7 Å². The van der Waals surface area contributed by atoms with Crippen LogP contribution in [0.15, 0.2) is 23.8 Å². The molecule has 1 fully saturated rings. The van der Waals surface area contributed by atoms with E-state index in [1.54, 1.807) is 0 Å².